The summed E-state index contributed by atoms with van der Waals surface area (Å²) in [5, 5.41) is 0.398. The van der Waals surface area contributed by atoms with E-state index in [0.29, 0.717) is 27.1 Å². The van der Waals surface area contributed by atoms with Crippen LogP contribution in [-0.4, -0.2) is 20.0 Å². The lowest BCUT2D eigenvalue weighted by atomic mass is 10.2. The molecule has 0 radical (unpaired) electrons. The minimum atomic E-state index is -0.488. The van der Waals surface area contributed by atoms with E-state index >= 15 is 0 Å². The second-order valence-electron chi connectivity index (χ2n) is 3.73. The molecule has 0 atom stereocenters. The van der Waals surface area contributed by atoms with Gasteiger partial charge >= 0.3 is 0 Å². The molecule has 96 valence electrons. The van der Waals surface area contributed by atoms with Crippen molar-refractivity contribution in [3.63, 3.8) is 0 Å². The van der Waals surface area contributed by atoms with E-state index in [0.717, 1.165) is 0 Å². The summed E-state index contributed by atoms with van der Waals surface area (Å²) >= 11 is 1.27. The Balaban J connectivity index is 2.69. The van der Waals surface area contributed by atoms with E-state index < -0.39 is 5.82 Å². The van der Waals surface area contributed by atoms with E-state index in [2.05, 4.69) is 0 Å². The van der Waals surface area contributed by atoms with E-state index in [1.54, 1.807) is 19.1 Å². The molecule has 0 saturated carbocycles. The normalized spacial score (nSPS) is 10.7. The molecule has 2 rings (SSSR count). The van der Waals surface area contributed by atoms with E-state index in [-0.39, 0.29) is 11.5 Å². The van der Waals surface area contributed by atoms with Crippen molar-refractivity contribution >= 4 is 27.2 Å². The summed E-state index contributed by atoms with van der Waals surface area (Å²) in [7, 11) is 2.84. The zero-order valence-electron chi connectivity index (χ0n) is 10.4. The van der Waals surface area contributed by atoms with Crippen molar-refractivity contribution in [1.82, 2.24) is 0 Å². The third-order valence-electron chi connectivity index (χ3n) is 2.70. The summed E-state index contributed by atoms with van der Waals surface area (Å²) in [6.07, 6.45) is 0.405. The summed E-state index contributed by atoms with van der Waals surface area (Å²) in [5.41, 5.74) is 0. The Morgan fingerprint density at radius 3 is 2.61 bits per heavy atom. The SMILES string of the molecule is CCC(=O)c1cc2c(F)c(OC)c(OC)cc2s1. The zero-order chi connectivity index (χ0) is 13.3. The van der Waals surface area contributed by atoms with E-state index in [1.807, 2.05) is 0 Å². The number of Topliss-reactive ketones (excluding diaryl/α,β-unsaturated/α-hetero) is 1. The third-order valence-corrected chi connectivity index (χ3v) is 3.83. The number of benzene rings is 1. The molecule has 0 N–H and O–H groups in total. The number of methoxy groups -OCH3 is 2. The van der Waals surface area contributed by atoms with Gasteiger partial charge in [0.05, 0.1) is 19.1 Å². The Labute approximate surface area is 108 Å². The number of ketones is 1. The van der Waals surface area contributed by atoms with Gasteiger partial charge in [-0.15, -0.1) is 11.3 Å². The highest BCUT2D eigenvalue weighted by Crippen LogP contribution is 2.39. The Morgan fingerprint density at radius 1 is 1.33 bits per heavy atom. The van der Waals surface area contributed by atoms with Crippen LogP contribution in [0.1, 0.15) is 23.0 Å². The number of hydrogen-bond donors (Lipinski definition) is 0. The third kappa shape index (κ3) is 1.95. The van der Waals surface area contributed by atoms with Crippen LogP contribution in [0.2, 0.25) is 0 Å². The monoisotopic (exact) mass is 268 g/mol. The molecule has 0 aliphatic rings. The van der Waals surface area contributed by atoms with Crippen LogP contribution in [-0.2, 0) is 0 Å². The topological polar surface area (TPSA) is 35.5 Å². The van der Waals surface area contributed by atoms with Gasteiger partial charge in [-0.05, 0) is 6.07 Å². The number of halogens is 1. The van der Waals surface area contributed by atoms with Gasteiger partial charge in [-0.25, -0.2) is 4.39 Å². The Hall–Kier alpha value is -1.62. The smallest absolute Gasteiger partial charge is 0.197 e. The fraction of sp³-hybridized carbons (Fsp3) is 0.308. The maximum Gasteiger partial charge on any atom is 0.197 e. The van der Waals surface area contributed by atoms with Crippen molar-refractivity contribution in [2.45, 2.75) is 13.3 Å². The van der Waals surface area contributed by atoms with Gasteiger partial charge in [-0.3, -0.25) is 4.79 Å². The summed E-state index contributed by atoms with van der Waals surface area (Å²) in [6.45, 7) is 1.78. The van der Waals surface area contributed by atoms with Crippen LogP contribution in [0, 0.1) is 5.82 Å². The van der Waals surface area contributed by atoms with Crippen LogP contribution < -0.4 is 9.47 Å². The van der Waals surface area contributed by atoms with Gasteiger partial charge in [0.15, 0.2) is 23.1 Å². The molecule has 0 amide bonds. The first-order chi connectivity index (χ1) is 8.62. The van der Waals surface area contributed by atoms with Crippen molar-refractivity contribution < 1.29 is 18.7 Å². The number of fused-ring (bicyclic) bond motifs is 1. The first kappa shape index (κ1) is 12.8. The van der Waals surface area contributed by atoms with E-state index in [9.17, 15) is 9.18 Å². The second kappa shape index (κ2) is 4.94. The first-order valence-corrected chi connectivity index (χ1v) is 6.31. The average molecular weight is 268 g/mol. The molecule has 3 nitrogen and oxygen atoms in total. The fourth-order valence-corrected chi connectivity index (χ4v) is 2.85. The lowest BCUT2D eigenvalue weighted by molar-refractivity contribution is 0.0992. The number of hydrogen-bond acceptors (Lipinski definition) is 4. The van der Waals surface area contributed by atoms with E-state index in [1.165, 1.54) is 25.6 Å². The fourth-order valence-electron chi connectivity index (χ4n) is 1.75. The summed E-state index contributed by atoms with van der Waals surface area (Å²) in [4.78, 5) is 12.2. The van der Waals surface area contributed by atoms with Gasteiger partial charge in [-0.2, -0.15) is 0 Å². The maximum atomic E-state index is 14.2. The lowest BCUT2D eigenvalue weighted by Gasteiger charge is -2.08. The number of rotatable bonds is 4. The predicted molar refractivity (Wildman–Crippen MR) is 69.5 cm³/mol. The van der Waals surface area contributed by atoms with Crippen molar-refractivity contribution in [2.75, 3.05) is 14.2 Å². The molecule has 2 aromatic rings. The van der Waals surface area contributed by atoms with Gasteiger partial charge < -0.3 is 9.47 Å². The molecule has 18 heavy (non-hydrogen) atoms. The number of carbonyl (C=O) groups excluding carboxylic acids is 1. The number of thiophene rings is 1. The molecule has 1 aromatic heterocycles. The highest BCUT2D eigenvalue weighted by atomic mass is 32.1. The second-order valence-corrected chi connectivity index (χ2v) is 4.81. The Bertz CT molecular complexity index is 604. The molecule has 1 aromatic carbocycles. The van der Waals surface area contributed by atoms with Crippen LogP contribution in [0.25, 0.3) is 10.1 Å². The standard InChI is InChI=1S/C13H13FO3S/c1-4-8(15)11-5-7-10(18-11)6-9(16-2)13(17-3)12(7)14/h5-6H,4H2,1-3H3. The van der Waals surface area contributed by atoms with E-state index in [4.69, 9.17) is 9.47 Å². The van der Waals surface area contributed by atoms with Crippen LogP contribution in [0.3, 0.4) is 0 Å². The molecule has 0 unspecified atom stereocenters. The van der Waals surface area contributed by atoms with Crippen molar-refractivity contribution in [3.05, 3.63) is 22.8 Å². The van der Waals surface area contributed by atoms with Crippen LogP contribution in [0.15, 0.2) is 12.1 Å². The number of carbonyl (C=O) groups is 1. The van der Waals surface area contributed by atoms with Gasteiger partial charge in [0.1, 0.15) is 0 Å². The maximum absolute atomic E-state index is 14.2. The molecular formula is C13H13FO3S. The predicted octanol–water partition coefficient (Wildman–Crippen LogP) is 3.65. The molecule has 1 heterocycles. The van der Waals surface area contributed by atoms with Gasteiger partial charge in [0.2, 0.25) is 0 Å². The van der Waals surface area contributed by atoms with Gasteiger partial charge in [-0.1, -0.05) is 6.92 Å². The van der Waals surface area contributed by atoms with Crippen LogP contribution in [0.4, 0.5) is 4.39 Å². The number of ether oxygens (including phenoxy) is 2. The van der Waals surface area contributed by atoms with Crippen molar-refractivity contribution in [2.24, 2.45) is 0 Å². The zero-order valence-corrected chi connectivity index (χ0v) is 11.2. The van der Waals surface area contributed by atoms with Crippen LogP contribution in [0.5, 0.6) is 11.5 Å². The molecular weight excluding hydrogens is 255 g/mol. The van der Waals surface area contributed by atoms with Crippen molar-refractivity contribution in [1.29, 1.82) is 0 Å². The average Bonchev–Trinajstić information content (AvgIpc) is 2.81. The first-order valence-electron chi connectivity index (χ1n) is 5.49. The minimum absolute atomic E-state index is 0.00790. The quantitative estimate of drug-likeness (QED) is 0.794. The van der Waals surface area contributed by atoms with Crippen LogP contribution >= 0.6 is 11.3 Å². The van der Waals surface area contributed by atoms with Gasteiger partial charge in [0, 0.05) is 22.6 Å². The Kier molecular flexibility index (Phi) is 3.52. The summed E-state index contributed by atoms with van der Waals surface area (Å²) < 4.78 is 24.9. The molecule has 0 saturated heterocycles. The summed E-state index contributed by atoms with van der Waals surface area (Å²) in [6, 6.07) is 3.26. The molecule has 5 heteroatoms. The molecule has 0 bridgehead atoms. The minimum Gasteiger partial charge on any atom is -0.493 e. The molecule has 0 spiro atoms. The molecule has 0 fully saturated rings. The Morgan fingerprint density at radius 2 is 2.06 bits per heavy atom. The van der Waals surface area contributed by atoms with Gasteiger partial charge in [0.25, 0.3) is 0 Å². The lowest BCUT2D eigenvalue weighted by Crippen LogP contribution is -1.93. The van der Waals surface area contributed by atoms with Crippen molar-refractivity contribution in [3.8, 4) is 11.5 Å². The largest absolute Gasteiger partial charge is 0.493 e. The molecule has 0 aliphatic carbocycles. The molecule has 0 aliphatic heterocycles. The highest BCUT2D eigenvalue weighted by Gasteiger charge is 2.18. The summed E-state index contributed by atoms with van der Waals surface area (Å²) in [5.74, 6) is -0.0788. The highest BCUT2D eigenvalue weighted by molar-refractivity contribution is 7.20.